The van der Waals surface area contributed by atoms with Crippen molar-refractivity contribution in [2.75, 3.05) is 5.01 Å². The van der Waals surface area contributed by atoms with E-state index in [1.165, 1.54) is 13.0 Å². The van der Waals surface area contributed by atoms with E-state index in [9.17, 15) is 26.7 Å². The zero-order chi connectivity index (χ0) is 24.2. The number of halogens is 6. The molecule has 2 heterocycles. The SMILES string of the molecule is CC1=NN(c2c(F)c(F)c(F)c(F)c2F)C(=O)/C1=C/c1cc(C)n(-c2cccc(I)c2)c1C. The minimum absolute atomic E-state index is 0.0261. The summed E-state index contributed by atoms with van der Waals surface area (Å²) in [5, 5.41) is 3.97. The minimum atomic E-state index is -2.31. The fraction of sp³-hybridized carbons (Fsp3) is 0.130. The van der Waals surface area contributed by atoms with Crippen LogP contribution >= 0.6 is 22.6 Å². The molecule has 3 aromatic rings. The Balaban J connectivity index is 1.79. The molecule has 0 fully saturated rings. The molecule has 0 N–H and O–H groups in total. The van der Waals surface area contributed by atoms with Crippen LogP contribution in [0, 0.1) is 46.5 Å². The number of aromatic nitrogens is 1. The van der Waals surface area contributed by atoms with Crippen molar-refractivity contribution in [1.82, 2.24) is 4.57 Å². The van der Waals surface area contributed by atoms with E-state index in [-0.39, 0.29) is 16.3 Å². The maximum Gasteiger partial charge on any atom is 0.280 e. The average Bonchev–Trinajstić information content (AvgIpc) is 3.20. The van der Waals surface area contributed by atoms with Crippen LogP contribution in [0.5, 0.6) is 0 Å². The highest BCUT2D eigenvalue weighted by atomic mass is 127. The molecular formula is C23H15F5IN3O. The van der Waals surface area contributed by atoms with Crippen molar-refractivity contribution in [3.05, 3.63) is 85.5 Å². The van der Waals surface area contributed by atoms with Gasteiger partial charge in [0.15, 0.2) is 23.3 Å². The molecule has 1 aromatic heterocycles. The second kappa shape index (κ2) is 8.40. The van der Waals surface area contributed by atoms with Crippen molar-refractivity contribution >= 4 is 46.0 Å². The quantitative estimate of drug-likeness (QED) is 0.121. The molecule has 0 radical (unpaired) electrons. The lowest BCUT2D eigenvalue weighted by molar-refractivity contribution is -0.114. The first-order valence-corrected chi connectivity index (χ1v) is 10.7. The first-order valence-electron chi connectivity index (χ1n) is 9.61. The summed E-state index contributed by atoms with van der Waals surface area (Å²) in [6.45, 7) is 5.13. The summed E-state index contributed by atoms with van der Waals surface area (Å²) in [5.41, 5.74) is 1.85. The van der Waals surface area contributed by atoms with Crippen LogP contribution in [0.4, 0.5) is 27.6 Å². The van der Waals surface area contributed by atoms with Crippen molar-refractivity contribution in [3.8, 4) is 5.69 Å². The maximum atomic E-state index is 14.2. The number of rotatable bonds is 3. The molecular weight excluding hydrogens is 556 g/mol. The van der Waals surface area contributed by atoms with Crippen molar-refractivity contribution in [2.45, 2.75) is 20.8 Å². The third kappa shape index (κ3) is 3.75. The topological polar surface area (TPSA) is 37.6 Å². The van der Waals surface area contributed by atoms with E-state index in [0.29, 0.717) is 5.56 Å². The van der Waals surface area contributed by atoms with Crippen LogP contribution in [0.1, 0.15) is 23.9 Å². The summed E-state index contributed by atoms with van der Waals surface area (Å²) in [6, 6.07) is 9.59. The van der Waals surface area contributed by atoms with Gasteiger partial charge in [-0.3, -0.25) is 4.79 Å². The van der Waals surface area contributed by atoms with Gasteiger partial charge in [0.05, 0.1) is 11.3 Å². The average molecular weight is 571 g/mol. The van der Waals surface area contributed by atoms with E-state index in [1.807, 2.05) is 48.7 Å². The molecule has 1 aliphatic rings. The van der Waals surface area contributed by atoms with Gasteiger partial charge in [-0.2, -0.15) is 10.1 Å². The number of hydrazone groups is 1. The highest BCUT2D eigenvalue weighted by Gasteiger charge is 2.37. The van der Waals surface area contributed by atoms with Crippen molar-refractivity contribution in [2.24, 2.45) is 5.10 Å². The monoisotopic (exact) mass is 571 g/mol. The normalized spacial score (nSPS) is 15.1. The van der Waals surface area contributed by atoms with Crippen LogP contribution in [0.15, 0.2) is 41.0 Å². The Morgan fingerprint density at radius 3 is 2.12 bits per heavy atom. The fourth-order valence-electron chi connectivity index (χ4n) is 3.72. The van der Waals surface area contributed by atoms with Crippen LogP contribution in [0.3, 0.4) is 0 Å². The fourth-order valence-corrected chi connectivity index (χ4v) is 4.24. The summed E-state index contributed by atoms with van der Waals surface area (Å²) in [5.74, 6) is -11.9. The van der Waals surface area contributed by atoms with Gasteiger partial charge < -0.3 is 4.57 Å². The Hall–Kier alpha value is -3.02. The number of hydrogen-bond donors (Lipinski definition) is 0. The van der Waals surface area contributed by atoms with Crippen molar-refractivity contribution < 1.29 is 26.7 Å². The molecule has 0 saturated carbocycles. The first kappa shape index (κ1) is 23.1. The highest BCUT2D eigenvalue weighted by molar-refractivity contribution is 14.1. The van der Waals surface area contributed by atoms with E-state index in [4.69, 9.17) is 0 Å². The largest absolute Gasteiger partial charge is 0.318 e. The molecule has 2 aromatic carbocycles. The molecule has 4 rings (SSSR count). The van der Waals surface area contributed by atoms with E-state index in [0.717, 1.165) is 20.6 Å². The van der Waals surface area contributed by atoms with Gasteiger partial charge in [0.25, 0.3) is 5.91 Å². The number of carbonyl (C=O) groups is 1. The van der Waals surface area contributed by atoms with E-state index in [2.05, 4.69) is 27.7 Å². The summed E-state index contributed by atoms with van der Waals surface area (Å²) in [7, 11) is 0. The predicted octanol–water partition coefficient (Wildman–Crippen LogP) is 6.20. The van der Waals surface area contributed by atoms with Crippen LogP contribution in [-0.4, -0.2) is 16.2 Å². The summed E-state index contributed by atoms with van der Waals surface area (Å²) in [6.07, 6.45) is 1.49. The molecule has 0 spiro atoms. The molecule has 0 bridgehead atoms. The standard InChI is InChI=1S/C23H15F5IN3O/c1-10-7-13(12(3)31(10)15-6-4-5-14(29)9-15)8-16-11(2)30-32(23(16)33)22-20(27)18(25)17(24)19(26)21(22)28/h4-9H,1-3H3/b16-8+. The second-order valence-electron chi connectivity index (χ2n) is 7.42. The molecule has 0 atom stereocenters. The Morgan fingerprint density at radius 1 is 0.909 bits per heavy atom. The third-order valence-electron chi connectivity index (χ3n) is 5.30. The molecule has 1 amide bonds. The third-order valence-corrected chi connectivity index (χ3v) is 5.97. The zero-order valence-corrected chi connectivity index (χ0v) is 19.6. The van der Waals surface area contributed by atoms with Crippen LogP contribution in [0.25, 0.3) is 11.8 Å². The van der Waals surface area contributed by atoms with Crippen LogP contribution in [0.2, 0.25) is 0 Å². The Morgan fingerprint density at radius 2 is 1.52 bits per heavy atom. The number of carbonyl (C=O) groups excluding carboxylic acids is 1. The molecule has 170 valence electrons. The molecule has 0 aliphatic carbocycles. The Labute approximate surface area is 199 Å². The molecule has 0 saturated heterocycles. The van der Waals surface area contributed by atoms with Gasteiger partial charge in [0, 0.05) is 20.6 Å². The zero-order valence-electron chi connectivity index (χ0n) is 17.5. The lowest BCUT2D eigenvalue weighted by Crippen LogP contribution is -2.25. The molecule has 33 heavy (non-hydrogen) atoms. The van der Waals surface area contributed by atoms with Gasteiger partial charge >= 0.3 is 0 Å². The summed E-state index contributed by atoms with van der Waals surface area (Å²) in [4.78, 5) is 12.9. The lowest BCUT2D eigenvalue weighted by Gasteiger charge is -2.15. The van der Waals surface area contributed by atoms with Crippen LogP contribution < -0.4 is 5.01 Å². The summed E-state index contributed by atoms with van der Waals surface area (Å²) < 4.78 is 72.2. The number of nitrogens with zero attached hydrogens (tertiary/aromatic N) is 3. The number of benzene rings is 2. The molecule has 0 unspecified atom stereocenters. The molecule has 4 nitrogen and oxygen atoms in total. The smallest absolute Gasteiger partial charge is 0.280 e. The highest BCUT2D eigenvalue weighted by Crippen LogP contribution is 2.34. The van der Waals surface area contributed by atoms with Gasteiger partial charge in [-0.25, -0.2) is 22.0 Å². The molecule has 1 aliphatic heterocycles. The van der Waals surface area contributed by atoms with E-state index in [1.54, 1.807) is 0 Å². The molecule has 10 heteroatoms. The summed E-state index contributed by atoms with van der Waals surface area (Å²) >= 11 is 2.20. The second-order valence-corrected chi connectivity index (χ2v) is 8.67. The maximum absolute atomic E-state index is 14.2. The first-order chi connectivity index (χ1) is 15.5. The predicted molar refractivity (Wildman–Crippen MR) is 123 cm³/mol. The van der Waals surface area contributed by atoms with Gasteiger partial charge in [-0.1, -0.05) is 6.07 Å². The van der Waals surface area contributed by atoms with Crippen molar-refractivity contribution in [1.29, 1.82) is 0 Å². The van der Waals surface area contributed by atoms with Crippen molar-refractivity contribution in [3.63, 3.8) is 0 Å². The Bertz CT molecular complexity index is 1360. The number of aryl methyl sites for hydroxylation is 1. The van der Waals surface area contributed by atoms with Gasteiger partial charge in [-0.15, -0.1) is 0 Å². The van der Waals surface area contributed by atoms with Gasteiger partial charge in [-0.05, 0) is 79.3 Å². The van der Waals surface area contributed by atoms with Gasteiger partial charge in [0.2, 0.25) is 5.82 Å². The Kier molecular flexibility index (Phi) is 5.89. The van der Waals surface area contributed by atoms with Crippen LogP contribution in [-0.2, 0) is 4.79 Å². The number of anilines is 1. The lowest BCUT2D eigenvalue weighted by atomic mass is 10.1. The number of hydrogen-bond acceptors (Lipinski definition) is 2. The van der Waals surface area contributed by atoms with E-state index < -0.39 is 40.7 Å². The van der Waals surface area contributed by atoms with Gasteiger partial charge in [0.1, 0.15) is 5.69 Å². The number of amides is 1. The van der Waals surface area contributed by atoms with E-state index >= 15 is 0 Å². The minimum Gasteiger partial charge on any atom is -0.318 e.